The molecule has 3 rings (SSSR count). The molecule has 0 unspecified atom stereocenters. The first-order valence-electron chi connectivity index (χ1n) is 8.61. The molecule has 0 aliphatic carbocycles. The topological polar surface area (TPSA) is 61.9 Å². The van der Waals surface area contributed by atoms with Crippen LogP contribution in [0.1, 0.15) is 4.88 Å². The van der Waals surface area contributed by atoms with Crippen LogP contribution in [0.5, 0.6) is 5.75 Å². The summed E-state index contributed by atoms with van der Waals surface area (Å²) in [4.78, 5) is 29.3. The molecule has 2 heterocycles. The summed E-state index contributed by atoms with van der Waals surface area (Å²) in [5.41, 5.74) is 1.13. The molecule has 26 heavy (non-hydrogen) atoms. The standard InChI is InChI=1S/C19H23N3O3S/c1-25-16-6-4-15(5-7-16)21-8-10-22(11-9-21)19(24)14-20-18(23)13-17-3-2-12-26-17/h2-7,12H,8-11,13-14H2,1H3,(H,20,23). The van der Waals surface area contributed by atoms with Gasteiger partial charge in [0.2, 0.25) is 11.8 Å². The van der Waals surface area contributed by atoms with Crippen LogP contribution < -0.4 is 15.0 Å². The number of thiophene rings is 1. The summed E-state index contributed by atoms with van der Waals surface area (Å²) in [7, 11) is 1.65. The van der Waals surface area contributed by atoms with Gasteiger partial charge in [0.25, 0.3) is 0 Å². The number of amides is 2. The van der Waals surface area contributed by atoms with Gasteiger partial charge in [-0.15, -0.1) is 11.3 Å². The average molecular weight is 373 g/mol. The van der Waals surface area contributed by atoms with Gasteiger partial charge in [0.1, 0.15) is 5.75 Å². The van der Waals surface area contributed by atoms with Crippen LogP contribution in [0.2, 0.25) is 0 Å². The lowest BCUT2D eigenvalue weighted by molar-refractivity contribution is -0.133. The Labute approximate surface area is 157 Å². The molecule has 1 aliphatic rings. The number of nitrogens with one attached hydrogen (secondary N) is 1. The second-order valence-corrected chi connectivity index (χ2v) is 7.13. The van der Waals surface area contributed by atoms with Gasteiger partial charge in [0, 0.05) is 36.7 Å². The largest absolute Gasteiger partial charge is 0.497 e. The first-order valence-corrected chi connectivity index (χ1v) is 9.49. The van der Waals surface area contributed by atoms with Crippen LogP contribution in [0.25, 0.3) is 0 Å². The normalized spacial score (nSPS) is 14.2. The number of hydrogen-bond donors (Lipinski definition) is 1. The first-order chi connectivity index (χ1) is 12.7. The number of nitrogens with zero attached hydrogens (tertiary/aromatic N) is 2. The third-order valence-corrected chi connectivity index (χ3v) is 5.30. The van der Waals surface area contributed by atoms with E-state index < -0.39 is 0 Å². The molecular weight excluding hydrogens is 350 g/mol. The third kappa shape index (κ3) is 4.76. The predicted octanol–water partition coefficient (Wildman–Crippen LogP) is 1.76. The smallest absolute Gasteiger partial charge is 0.242 e. The third-order valence-electron chi connectivity index (χ3n) is 4.42. The fraction of sp³-hybridized carbons (Fsp3) is 0.368. The molecule has 1 aliphatic heterocycles. The van der Waals surface area contributed by atoms with Gasteiger partial charge in [0.05, 0.1) is 20.1 Å². The number of ether oxygens (including phenoxy) is 1. The Morgan fingerprint density at radius 2 is 1.85 bits per heavy atom. The summed E-state index contributed by atoms with van der Waals surface area (Å²) >= 11 is 1.54. The molecule has 1 saturated heterocycles. The molecule has 6 nitrogen and oxygen atoms in total. The Morgan fingerprint density at radius 3 is 2.46 bits per heavy atom. The number of rotatable bonds is 6. The average Bonchev–Trinajstić information content (AvgIpc) is 3.19. The molecule has 0 saturated carbocycles. The lowest BCUT2D eigenvalue weighted by Gasteiger charge is -2.36. The van der Waals surface area contributed by atoms with Crippen molar-refractivity contribution in [2.24, 2.45) is 0 Å². The maximum absolute atomic E-state index is 12.3. The minimum Gasteiger partial charge on any atom is -0.497 e. The van der Waals surface area contributed by atoms with Crippen molar-refractivity contribution in [3.05, 3.63) is 46.7 Å². The van der Waals surface area contributed by atoms with Crippen LogP contribution in [0.3, 0.4) is 0 Å². The van der Waals surface area contributed by atoms with Crippen molar-refractivity contribution in [1.29, 1.82) is 0 Å². The molecule has 2 aromatic rings. The number of carbonyl (C=O) groups excluding carboxylic acids is 2. The van der Waals surface area contributed by atoms with Crippen molar-refractivity contribution in [3.8, 4) is 5.75 Å². The van der Waals surface area contributed by atoms with Gasteiger partial charge in [-0.1, -0.05) is 6.07 Å². The molecule has 1 fully saturated rings. The number of hydrogen-bond acceptors (Lipinski definition) is 5. The summed E-state index contributed by atoms with van der Waals surface area (Å²) in [6.45, 7) is 2.94. The fourth-order valence-electron chi connectivity index (χ4n) is 2.93. The van der Waals surface area contributed by atoms with E-state index in [9.17, 15) is 9.59 Å². The molecule has 7 heteroatoms. The van der Waals surface area contributed by atoms with Crippen LogP contribution >= 0.6 is 11.3 Å². The predicted molar refractivity (Wildman–Crippen MR) is 103 cm³/mol. The molecule has 1 aromatic heterocycles. The van der Waals surface area contributed by atoms with Crippen LogP contribution in [0.4, 0.5) is 5.69 Å². The number of carbonyl (C=O) groups is 2. The summed E-state index contributed by atoms with van der Waals surface area (Å²) in [6.07, 6.45) is 0.330. The number of benzene rings is 1. The van der Waals surface area contributed by atoms with Gasteiger partial charge < -0.3 is 19.9 Å². The maximum atomic E-state index is 12.3. The molecule has 138 valence electrons. The van der Waals surface area contributed by atoms with Crippen molar-refractivity contribution in [1.82, 2.24) is 10.2 Å². The summed E-state index contributed by atoms with van der Waals surface area (Å²) in [5, 5.41) is 4.66. The molecule has 0 bridgehead atoms. The summed E-state index contributed by atoms with van der Waals surface area (Å²) < 4.78 is 5.18. The van der Waals surface area contributed by atoms with E-state index in [1.54, 1.807) is 18.4 Å². The molecule has 1 N–H and O–H groups in total. The fourth-order valence-corrected chi connectivity index (χ4v) is 3.63. The van der Waals surface area contributed by atoms with Crippen molar-refractivity contribution in [2.45, 2.75) is 6.42 Å². The highest BCUT2D eigenvalue weighted by molar-refractivity contribution is 7.10. The van der Waals surface area contributed by atoms with Gasteiger partial charge >= 0.3 is 0 Å². The Morgan fingerprint density at radius 1 is 1.12 bits per heavy atom. The minimum absolute atomic E-state index is 0.0288. The highest BCUT2D eigenvalue weighted by atomic mass is 32.1. The zero-order valence-electron chi connectivity index (χ0n) is 14.8. The lowest BCUT2D eigenvalue weighted by atomic mass is 10.2. The minimum atomic E-state index is -0.113. The molecular formula is C19H23N3O3S. The van der Waals surface area contributed by atoms with Crippen molar-refractivity contribution < 1.29 is 14.3 Å². The Kier molecular flexibility index (Phi) is 6.12. The number of piperazine rings is 1. The SMILES string of the molecule is COc1ccc(N2CCN(C(=O)CNC(=O)Cc3cccs3)CC2)cc1. The van der Waals surface area contributed by atoms with E-state index in [1.807, 2.05) is 46.7 Å². The maximum Gasteiger partial charge on any atom is 0.242 e. The zero-order valence-corrected chi connectivity index (χ0v) is 15.6. The van der Waals surface area contributed by atoms with E-state index in [0.717, 1.165) is 29.4 Å². The number of anilines is 1. The van der Waals surface area contributed by atoms with Gasteiger partial charge in [-0.05, 0) is 35.7 Å². The molecule has 0 spiro atoms. The summed E-state index contributed by atoms with van der Waals surface area (Å²) in [5.74, 6) is 0.692. The second kappa shape index (κ2) is 8.71. The van der Waals surface area contributed by atoms with E-state index in [-0.39, 0.29) is 18.4 Å². The van der Waals surface area contributed by atoms with Crippen LogP contribution in [-0.4, -0.2) is 56.5 Å². The first kappa shape index (κ1) is 18.3. The summed E-state index contributed by atoms with van der Waals surface area (Å²) in [6, 6.07) is 11.8. The van der Waals surface area contributed by atoms with Gasteiger partial charge in [-0.2, -0.15) is 0 Å². The Bertz CT molecular complexity index is 723. The molecule has 0 atom stereocenters. The van der Waals surface area contributed by atoms with Crippen LogP contribution in [0.15, 0.2) is 41.8 Å². The van der Waals surface area contributed by atoms with E-state index >= 15 is 0 Å². The molecule has 1 aromatic carbocycles. The van der Waals surface area contributed by atoms with E-state index in [2.05, 4.69) is 10.2 Å². The van der Waals surface area contributed by atoms with Crippen molar-refractivity contribution in [2.75, 3.05) is 44.7 Å². The molecule has 0 radical (unpaired) electrons. The van der Waals surface area contributed by atoms with Gasteiger partial charge in [-0.25, -0.2) is 0 Å². The van der Waals surface area contributed by atoms with Crippen LogP contribution in [-0.2, 0) is 16.0 Å². The van der Waals surface area contributed by atoms with Gasteiger partial charge in [0.15, 0.2) is 0 Å². The van der Waals surface area contributed by atoms with Crippen molar-refractivity contribution >= 4 is 28.8 Å². The quantitative estimate of drug-likeness (QED) is 0.838. The van der Waals surface area contributed by atoms with E-state index in [4.69, 9.17) is 4.74 Å². The Hall–Kier alpha value is -2.54. The molecule has 2 amide bonds. The lowest BCUT2D eigenvalue weighted by Crippen LogP contribution is -2.51. The van der Waals surface area contributed by atoms with Crippen molar-refractivity contribution in [3.63, 3.8) is 0 Å². The highest BCUT2D eigenvalue weighted by Gasteiger charge is 2.21. The number of methoxy groups -OCH3 is 1. The second-order valence-electron chi connectivity index (χ2n) is 6.10. The highest BCUT2D eigenvalue weighted by Crippen LogP contribution is 2.20. The van der Waals surface area contributed by atoms with E-state index in [0.29, 0.717) is 19.5 Å². The zero-order chi connectivity index (χ0) is 18.4. The van der Waals surface area contributed by atoms with Crippen LogP contribution in [0, 0.1) is 0 Å². The monoisotopic (exact) mass is 373 g/mol. The van der Waals surface area contributed by atoms with E-state index in [1.165, 1.54) is 0 Å². The Balaban J connectivity index is 1.42. The van der Waals surface area contributed by atoms with Gasteiger partial charge in [-0.3, -0.25) is 9.59 Å².